The molecule has 0 aliphatic carbocycles. The van der Waals surface area contributed by atoms with Crippen molar-refractivity contribution >= 4 is 53.2 Å². The summed E-state index contributed by atoms with van der Waals surface area (Å²) in [5, 5.41) is 54.3. The summed E-state index contributed by atoms with van der Waals surface area (Å²) in [7, 11) is 2.68. The van der Waals surface area contributed by atoms with Gasteiger partial charge in [-0.3, -0.25) is 38.4 Å². The van der Waals surface area contributed by atoms with Crippen LogP contribution < -0.4 is 26.6 Å². The van der Waals surface area contributed by atoms with E-state index in [9.17, 15) is 63.6 Å². The Morgan fingerprint density at radius 3 is 1.96 bits per heavy atom. The van der Waals surface area contributed by atoms with Crippen LogP contribution in [0.2, 0.25) is 0 Å². The quantitative estimate of drug-likeness (QED) is 0.0614. The number of carboxylic acid groups (broad SMARTS) is 1. The molecule has 0 unspecified atom stereocenters. The number of fused-ring (bicyclic) bond motifs is 5. The van der Waals surface area contributed by atoms with Crippen LogP contribution in [0.15, 0.2) is 36.4 Å². The van der Waals surface area contributed by atoms with Gasteiger partial charge in [0.2, 0.25) is 47.3 Å². The van der Waals surface area contributed by atoms with Gasteiger partial charge in [0.15, 0.2) is 0 Å². The lowest BCUT2D eigenvalue weighted by molar-refractivity contribution is -0.148. The number of likely N-dealkylation sites (N-methyl/N-ethyl adjacent to an activating group) is 2. The SMILES string of the molecule is CCCCCCCCCCCCCCCC(=O)N(C)[C@H](CO)C(=O)N[C@H](C)C(=O)NCC(=O)N(C)[C@@H]1C(=O)N[C@@H](C)C(=O)N[C@H](C(=O)NCC(=O)N2CCC[C@@H]2C(=O)O)Cc2ccc(O)c(c2)-c2cc1ccc2O. The van der Waals surface area contributed by atoms with Gasteiger partial charge >= 0.3 is 5.97 Å². The zero-order valence-corrected chi connectivity index (χ0v) is 43.6. The first-order valence-corrected chi connectivity index (χ1v) is 26.1. The zero-order chi connectivity index (χ0) is 54.5. The topological polar surface area (TPSA) is 304 Å². The molecule has 0 spiro atoms. The maximum Gasteiger partial charge on any atom is 0.326 e. The van der Waals surface area contributed by atoms with E-state index < -0.39 is 103 Å². The van der Waals surface area contributed by atoms with E-state index in [4.69, 9.17) is 0 Å². The van der Waals surface area contributed by atoms with Crippen molar-refractivity contribution in [2.24, 2.45) is 0 Å². The fourth-order valence-corrected chi connectivity index (χ4v) is 9.21. The molecule has 2 heterocycles. The number of nitrogens with one attached hydrogen (secondary N) is 5. The Labute approximate surface area is 433 Å². The van der Waals surface area contributed by atoms with E-state index in [1.54, 1.807) is 0 Å². The van der Waals surface area contributed by atoms with Crippen molar-refractivity contribution < 1.29 is 63.6 Å². The van der Waals surface area contributed by atoms with Crippen molar-refractivity contribution in [2.75, 3.05) is 40.3 Å². The van der Waals surface area contributed by atoms with Gasteiger partial charge in [-0.05, 0) is 68.5 Å². The number of amides is 8. The number of aromatic hydroxyl groups is 2. The lowest BCUT2D eigenvalue weighted by Crippen LogP contribution is -2.56. The van der Waals surface area contributed by atoms with Crippen molar-refractivity contribution in [3.8, 4) is 22.6 Å². The minimum atomic E-state index is -1.53. The molecule has 21 heteroatoms. The Morgan fingerprint density at radius 1 is 0.757 bits per heavy atom. The van der Waals surface area contributed by atoms with Gasteiger partial charge in [0.1, 0.15) is 47.8 Å². The number of aliphatic carboxylic acids is 1. The zero-order valence-electron chi connectivity index (χ0n) is 43.6. The second-order valence-corrected chi connectivity index (χ2v) is 19.5. The number of hydrogen-bond donors (Lipinski definition) is 9. The van der Waals surface area contributed by atoms with Crippen molar-refractivity contribution in [3.63, 3.8) is 0 Å². The number of benzene rings is 2. The molecule has 2 aromatic carbocycles. The molecule has 408 valence electrons. The van der Waals surface area contributed by atoms with E-state index >= 15 is 0 Å². The molecule has 4 bridgehead atoms. The van der Waals surface area contributed by atoms with Crippen LogP contribution in [0, 0.1) is 0 Å². The van der Waals surface area contributed by atoms with Crippen LogP contribution in [0.5, 0.6) is 11.5 Å². The number of nitrogens with zero attached hydrogens (tertiary/aromatic N) is 3. The highest BCUT2D eigenvalue weighted by atomic mass is 16.4. The normalized spacial score (nSPS) is 18.4. The molecule has 0 radical (unpaired) electrons. The number of carboxylic acids is 1. The van der Waals surface area contributed by atoms with Crippen molar-refractivity contribution in [1.82, 2.24) is 41.3 Å². The Balaban J connectivity index is 1.38. The van der Waals surface area contributed by atoms with Crippen LogP contribution in [0.1, 0.15) is 141 Å². The molecule has 4 rings (SSSR count). The molecule has 1 fully saturated rings. The maximum atomic E-state index is 14.2. The molecular weight excluding hydrogens is 957 g/mol. The molecular formula is C53H78N8O13. The highest BCUT2D eigenvalue weighted by Gasteiger charge is 2.36. The van der Waals surface area contributed by atoms with Gasteiger partial charge in [0.05, 0.1) is 19.7 Å². The largest absolute Gasteiger partial charge is 0.507 e. The molecule has 21 nitrogen and oxygen atoms in total. The molecule has 2 aromatic rings. The minimum absolute atomic E-state index is 0.0332. The molecule has 74 heavy (non-hydrogen) atoms. The summed E-state index contributed by atoms with van der Waals surface area (Å²) < 4.78 is 0. The number of aliphatic hydroxyl groups excluding tert-OH is 1. The van der Waals surface area contributed by atoms with E-state index in [1.807, 2.05) is 0 Å². The van der Waals surface area contributed by atoms with Gasteiger partial charge < -0.3 is 61.7 Å². The van der Waals surface area contributed by atoms with Crippen molar-refractivity contribution in [3.05, 3.63) is 47.5 Å². The van der Waals surface area contributed by atoms with E-state index in [1.165, 1.54) is 116 Å². The van der Waals surface area contributed by atoms with Gasteiger partial charge in [-0.1, -0.05) is 96.1 Å². The average Bonchev–Trinajstić information content (AvgIpc) is 3.88. The third-order valence-electron chi connectivity index (χ3n) is 13.8. The number of hydrogen-bond acceptors (Lipinski definition) is 12. The van der Waals surface area contributed by atoms with Crippen molar-refractivity contribution in [2.45, 2.75) is 166 Å². The Hall–Kier alpha value is -6.77. The molecule has 1 saturated heterocycles. The van der Waals surface area contributed by atoms with Crippen LogP contribution >= 0.6 is 0 Å². The van der Waals surface area contributed by atoms with Crippen LogP contribution in [0.25, 0.3) is 11.1 Å². The van der Waals surface area contributed by atoms with E-state index in [-0.39, 0.29) is 59.9 Å². The molecule has 9 N–H and O–H groups in total. The monoisotopic (exact) mass is 1030 g/mol. The second-order valence-electron chi connectivity index (χ2n) is 19.5. The van der Waals surface area contributed by atoms with Gasteiger partial charge in [-0.2, -0.15) is 0 Å². The number of phenolic OH excluding ortho intramolecular Hbond substituents is 2. The van der Waals surface area contributed by atoms with Crippen LogP contribution in [-0.2, 0) is 49.6 Å². The number of carbonyl (C=O) groups excluding carboxylic acids is 8. The molecule has 6 atom stereocenters. The fourth-order valence-electron chi connectivity index (χ4n) is 9.21. The van der Waals surface area contributed by atoms with E-state index in [0.29, 0.717) is 18.4 Å². The van der Waals surface area contributed by atoms with E-state index in [0.717, 1.165) is 40.4 Å². The summed E-state index contributed by atoms with van der Waals surface area (Å²) in [5.41, 5.74) is 0.615. The number of carbonyl (C=O) groups is 9. The Morgan fingerprint density at radius 2 is 1.35 bits per heavy atom. The summed E-state index contributed by atoms with van der Waals surface area (Å²) in [6.45, 7) is 3.14. The third-order valence-corrected chi connectivity index (χ3v) is 13.8. The Bertz CT molecular complexity index is 2290. The lowest BCUT2D eigenvalue weighted by Gasteiger charge is -2.30. The number of rotatable bonds is 26. The van der Waals surface area contributed by atoms with Gasteiger partial charge in [0, 0.05) is 44.6 Å². The van der Waals surface area contributed by atoms with Gasteiger partial charge in [-0.25, -0.2) is 4.79 Å². The van der Waals surface area contributed by atoms with Crippen LogP contribution in [0.4, 0.5) is 0 Å². The number of unbranched alkanes of at least 4 members (excludes halogenated alkanes) is 12. The van der Waals surface area contributed by atoms with Gasteiger partial charge in [0.25, 0.3) is 0 Å². The first-order valence-electron chi connectivity index (χ1n) is 26.1. The summed E-state index contributed by atoms with van der Waals surface area (Å²) >= 11 is 0. The van der Waals surface area contributed by atoms with Crippen molar-refractivity contribution in [1.29, 1.82) is 0 Å². The number of phenols is 2. The first-order chi connectivity index (χ1) is 35.3. The average molecular weight is 1040 g/mol. The standard InChI is InChI=1S/C53H78N8O13/c1-6-7-8-9-10-11-12-13-14-15-16-17-18-21-44(65)59(4)41(32-62)51(71)56-33(2)48(68)54-30-45(66)60(5)47-36-23-25-43(64)38(29-36)37-27-35(22-24-42(37)63)28-39(58-49(69)34(3)57-52(47)72)50(70)55-31-46(67)61-26-19-20-40(61)53(73)74/h22-25,27,29,33-34,39-41,47,62-64H,6-21,26,28,30-32H2,1-5H3,(H,54,68)(H,55,70)(H,56,71)(H,57,72)(H,58,69)(H,73,74)/t33-,34+,39+,40-,41-,47+/m1/s1. The second kappa shape index (κ2) is 29.8. The van der Waals surface area contributed by atoms with E-state index in [2.05, 4.69) is 33.5 Å². The van der Waals surface area contributed by atoms with Crippen LogP contribution in [-0.4, -0.2) is 159 Å². The predicted molar refractivity (Wildman–Crippen MR) is 274 cm³/mol. The smallest absolute Gasteiger partial charge is 0.326 e. The highest BCUT2D eigenvalue weighted by molar-refractivity contribution is 5.97. The van der Waals surface area contributed by atoms with Crippen LogP contribution in [0.3, 0.4) is 0 Å². The lowest BCUT2D eigenvalue weighted by atomic mass is 9.93. The Kier molecular flexibility index (Phi) is 24.1. The molecule has 0 saturated carbocycles. The summed E-state index contributed by atoms with van der Waals surface area (Å²) in [4.78, 5) is 123. The van der Waals surface area contributed by atoms with Gasteiger partial charge in [-0.15, -0.1) is 0 Å². The maximum absolute atomic E-state index is 14.2. The number of likely N-dealkylation sites (tertiary alicyclic amines) is 1. The summed E-state index contributed by atoms with van der Waals surface area (Å²) in [6, 6.07) is 0.453. The fraction of sp³-hybridized carbons (Fsp3) is 0.604. The molecule has 8 amide bonds. The first kappa shape index (κ1) is 59.8. The number of aliphatic hydroxyl groups is 1. The molecule has 2 aliphatic heterocycles. The molecule has 2 aliphatic rings. The third kappa shape index (κ3) is 17.4. The highest BCUT2D eigenvalue weighted by Crippen LogP contribution is 2.39. The summed E-state index contributed by atoms with van der Waals surface area (Å²) in [6.07, 6.45) is 15.7. The molecule has 0 aromatic heterocycles. The summed E-state index contributed by atoms with van der Waals surface area (Å²) in [5.74, 6) is -7.70. The predicted octanol–water partition coefficient (Wildman–Crippen LogP) is 2.92. The minimum Gasteiger partial charge on any atom is -0.507 e.